The molecule has 0 saturated carbocycles. The zero-order valence-electron chi connectivity index (χ0n) is 17.6. The number of ether oxygens (including phenoxy) is 2. The third-order valence-electron chi connectivity index (χ3n) is 5.40. The number of carbonyl (C=O) groups excluding carboxylic acids is 2. The van der Waals surface area contributed by atoms with Crippen molar-refractivity contribution in [2.45, 2.75) is 12.0 Å². The molecule has 4 rings (SSSR count). The topological polar surface area (TPSA) is 78.9 Å². The number of hydrogen-bond acceptors (Lipinski definition) is 5. The second kappa shape index (κ2) is 9.56. The molecule has 7 heteroatoms. The van der Waals surface area contributed by atoms with Crippen molar-refractivity contribution in [2.24, 2.45) is 0 Å². The molecular weight excluding hydrogens is 405 g/mol. The Morgan fingerprint density at radius 2 is 1.42 bits per heavy atom. The number of methoxy groups -OCH3 is 2. The molecule has 3 aromatic carbocycles. The second-order valence-electron chi connectivity index (χ2n) is 6.98. The number of rotatable bonds is 5. The van der Waals surface area contributed by atoms with Gasteiger partial charge in [-0.15, -0.1) is 0 Å². The van der Waals surface area contributed by atoms with E-state index in [1.54, 1.807) is 87.0 Å². The zero-order valence-corrected chi connectivity index (χ0v) is 19.6. The number of nitrogens with zero attached hydrogens (tertiary/aromatic N) is 1. The quantitative estimate of drug-likeness (QED) is 0.536. The van der Waals surface area contributed by atoms with Crippen LogP contribution in [0.15, 0.2) is 72.8 Å². The Bertz CT molecular complexity index is 1080. The Balaban J connectivity index is 0.00000272. The van der Waals surface area contributed by atoms with Crippen LogP contribution in [0.1, 0.15) is 33.4 Å². The number of anilines is 1. The molecule has 0 spiro atoms. The van der Waals surface area contributed by atoms with Crippen molar-refractivity contribution in [3.05, 3.63) is 89.5 Å². The van der Waals surface area contributed by atoms with Gasteiger partial charge in [-0.2, -0.15) is 0 Å². The fourth-order valence-electron chi connectivity index (χ4n) is 3.96. The minimum Gasteiger partial charge on any atom is -0.549 e. The van der Waals surface area contributed by atoms with E-state index in [1.165, 1.54) is 4.90 Å². The number of carboxylic acids is 1. The van der Waals surface area contributed by atoms with Gasteiger partial charge in [-0.25, -0.2) is 0 Å². The van der Waals surface area contributed by atoms with Gasteiger partial charge in [0.25, 0.3) is 5.91 Å². The van der Waals surface area contributed by atoms with Crippen molar-refractivity contribution < 1.29 is 53.7 Å². The van der Waals surface area contributed by atoms with Gasteiger partial charge >= 0.3 is 29.6 Å². The van der Waals surface area contributed by atoms with E-state index < -0.39 is 17.9 Å². The van der Waals surface area contributed by atoms with E-state index >= 15 is 0 Å². The third-order valence-corrected chi connectivity index (χ3v) is 5.40. The summed E-state index contributed by atoms with van der Waals surface area (Å²) in [7, 11) is 3.12. The fourth-order valence-corrected chi connectivity index (χ4v) is 3.96. The Hall–Kier alpha value is -2.80. The third kappa shape index (κ3) is 4.19. The Morgan fingerprint density at radius 1 is 0.871 bits per heavy atom. The maximum atomic E-state index is 13.5. The molecule has 1 aliphatic heterocycles. The molecule has 1 heterocycles. The van der Waals surface area contributed by atoms with E-state index in [0.717, 1.165) is 0 Å². The second-order valence-corrected chi connectivity index (χ2v) is 6.98. The van der Waals surface area contributed by atoms with Gasteiger partial charge in [-0.3, -0.25) is 9.69 Å². The van der Waals surface area contributed by atoms with Crippen molar-refractivity contribution in [3.63, 3.8) is 0 Å². The predicted molar refractivity (Wildman–Crippen MR) is 110 cm³/mol. The summed E-state index contributed by atoms with van der Waals surface area (Å²) in [6.45, 7) is 0. The van der Waals surface area contributed by atoms with E-state index in [9.17, 15) is 14.7 Å². The smallest absolute Gasteiger partial charge is 0.549 e. The Labute approximate surface area is 202 Å². The molecule has 0 saturated heterocycles. The van der Waals surface area contributed by atoms with Crippen LogP contribution in [0, 0.1) is 0 Å². The Kier molecular flexibility index (Phi) is 7.05. The van der Waals surface area contributed by atoms with Gasteiger partial charge in [-0.1, -0.05) is 30.3 Å². The van der Waals surface area contributed by atoms with Crippen molar-refractivity contribution in [1.82, 2.24) is 0 Å². The standard InChI is InChI=1S/C24H21NO5.Na/c1-29-17-11-7-15(8-12-17)22-21(24(27)28)19-5-3-4-6-20(19)23(26)25(22)16-9-13-18(30-2)14-10-16;/h3-14,21-22H,1-2H3,(H,27,28);/q;+1/p-1/t21-,22-;/m1./s1. The van der Waals surface area contributed by atoms with Crippen molar-refractivity contribution in [2.75, 3.05) is 19.1 Å². The molecule has 0 unspecified atom stereocenters. The first-order valence-electron chi connectivity index (χ1n) is 9.46. The van der Waals surface area contributed by atoms with Crippen molar-refractivity contribution >= 4 is 17.6 Å². The van der Waals surface area contributed by atoms with E-state index in [4.69, 9.17) is 9.47 Å². The van der Waals surface area contributed by atoms with E-state index in [1.807, 2.05) is 0 Å². The maximum absolute atomic E-state index is 13.5. The van der Waals surface area contributed by atoms with Gasteiger partial charge in [0, 0.05) is 17.2 Å². The summed E-state index contributed by atoms with van der Waals surface area (Å²) in [4.78, 5) is 27.3. The van der Waals surface area contributed by atoms with Crippen LogP contribution in [0.3, 0.4) is 0 Å². The van der Waals surface area contributed by atoms with Gasteiger partial charge < -0.3 is 19.4 Å². The van der Waals surface area contributed by atoms with Crippen molar-refractivity contribution in [1.29, 1.82) is 0 Å². The molecule has 2 atom stereocenters. The molecule has 1 amide bonds. The van der Waals surface area contributed by atoms with Crippen LogP contribution in [-0.2, 0) is 4.79 Å². The monoisotopic (exact) mass is 425 g/mol. The van der Waals surface area contributed by atoms with Crippen molar-refractivity contribution in [3.8, 4) is 11.5 Å². The number of hydrogen-bond donors (Lipinski definition) is 0. The number of amides is 1. The molecular formula is C24H20NNaO5. The fraction of sp³-hybridized carbons (Fsp3) is 0.167. The van der Waals surface area contributed by atoms with Crippen LogP contribution in [0.2, 0.25) is 0 Å². The molecule has 6 nitrogen and oxygen atoms in total. The Morgan fingerprint density at radius 3 is 1.97 bits per heavy atom. The van der Waals surface area contributed by atoms with Gasteiger partial charge in [-0.05, 0) is 53.6 Å². The van der Waals surface area contributed by atoms with E-state index in [2.05, 4.69) is 0 Å². The summed E-state index contributed by atoms with van der Waals surface area (Å²) in [6, 6.07) is 20.0. The number of carbonyl (C=O) groups is 2. The molecule has 1 aliphatic rings. The summed E-state index contributed by atoms with van der Waals surface area (Å²) in [6.07, 6.45) is 0. The molecule has 0 fully saturated rings. The molecule has 0 N–H and O–H groups in total. The van der Waals surface area contributed by atoms with Crippen LogP contribution < -0.4 is 49.0 Å². The predicted octanol–water partition coefficient (Wildman–Crippen LogP) is -0.0570. The summed E-state index contributed by atoms with van der Waals surface area (Å²) in [5.41, 5.74) is 2.05. The molecule has 152 valence electrons. The zero-order chi connectivity index (χ0) is 21.3. The molecule has 31 heavy (non-hydrogen) atoms. The van der Waals surface area contributed by atoms with Crippen LogP contribution in [0.4, 0.5) is 5.69 Å². The first kappa shape index (κ1) is 22.9. The first-order chi connectivity index (χ1) is 14.5. The maximum Gasteiger partial charge on any atom is 1.00 e. The minimum atomic E-state index is -1.24. The number of fused-ring (bicyclic) bond motifs is 1. The van der Waals surface area contributed by atoms with Crippen LogP contribution in [-0.4, -0.2) is 26.1 Å². The number of benzene rings is 3. The molecule has 0 radical (unpaired) electrons. The summed E-state index contributed by atoms with van der Waals surface area (Å²) in [5, 5.41) is 12.3. The molecule has 3 aromatic rings. The molecule has 0 aromatic heterocycles. The minimum absolute atomic E-state index is 0. The SMILES string of the molecule is COc1ccc([C@@H]2[C@H](C(=O)[O-])c3ccccc3C(=O)N2c2ccc(OC)cc2)cc1.[Na+]. The van der Waals surface area contributed by atoms with Crippen LogP contribution >= 0.6 is 0 Å². The average Bonchev–Trinajstić information content (AvgIpc) is 2.79. The number of aliphatic carboxylic acids is 1. The van der Waals surface area contributed by atoms with Gasteiger partial charge in [0.2, 0.25) is 0 Å². The van der Waals surface area contributed by atoms with Gasteiger partial charge in [0.15, 0.2) is 0 Å². The normalized spacial score (nSPS) is 17.4. The van der Waals surface area contributed by atoms with Crippen LogP contribution in [0.25, 0.3) is 0 Å². The summed E-state index contributed by atoms with van der Waals surface area (Å²) in [5.74, 6) is -1.26. The van der Waals surface area contributed by atoms with E-state index in [0.29, 0.717) is 33.9 Å². The van der Waals surface area contributed by atoms with E-state index in [-0.39, 0.29) is 35.5 Å². The van der Waals surface area contributed by atoms with Gasteiger partial charge in [0.1, 0.15) is 11.5 Å². The average molecular weight is 425 g/mol. The van der Waals surface area contributed by atoms with Gasteiger partial charge in [0.05, 0.1) is 26.2 Å². The van der Waals surface area contributed by atoms with Crippen LogP contribution in [0.5, 0.6) is 11.5 Å². The molecule has 0 bridgehead atoms. The molecule has 0 aliphatic carbocycles. The summed E-state index contributed by atoms with van der Waals surface area (Å²) < 4.78 is 10.4. The largest absolute Gasteiger partial charge is 1.00 e. The summed E-state index contributed by atoms with van der Waals surface area (Å²) >= 11 is 0. The number of carboxylic acid groups (broad SMARTS) is 1. The first-order valence-corrected chi connectivity index (χ1v) is 9.46.